The van der Waals surface area contributed by atoms with E-state index in [1.807, 2.05) is 0 Å². The molecule has 0 aromatic carbocycles. The van der Waals surface area contributed by atoms with E-state index in [2.05, 4.69) is 0 Å². The maximum absolute atomic E-state index is 10.8. The van der Waals surface area contributed by atoms with E-state index in [0.717, 1.165) is 25.7 Å². The third-order valence-corrected chi connectivity index (χ3v) is 1.86. The molecular formula is C7H11NO2. The van der Waals surface area contributed by atoms with Crippen LogP contribution in [-0.4, -0.2) is 29.7 Å². The van der Waals surface area contributed by atoms with Crippen molar-refractivity contribution in [3.8, 4) is 0 Å². The van der Waals surface area contributed by atoms with Crippen LogP contribution in [0.4, 0.5) is 0 Å². The van der Waals surface area contributed by atoms with Gasteiger partial charge in [-0.15, -0.1) is 0 Å². The van der Waals surface area contributed by atoms with Crippen LogP contribution in [0.2, 0.25) is 0 Å². The first kappa shape index (κ1) is 7.25. The summed E-state index contributed by atoms with van der Waals surface area (Å²) in [6.45, 7) is 2.25. The van der Waals surface area contributed by atoms with Crippen molar-refractivity contribution in [3.05, 3.63) is 0 Å². The van der Waals surface area contributed by atoms with Crippen LogP contribution in [-0.2, 0) is 9.59 Å². The van der Waals surface area contributed by atoms with Crippen molar-refractivity contribution in [3.63, 3.8) is 0 Å². The minimum Gasteiger partial charge on any atom is -0.333 e. The highest BCUT2D eigenvalue weighted by atomic mass is 16.2. The molecule has 3 heteroatoms. The Labute approximate surface area is 60.0 Å². The lowest BCUT2D eigenvalue weighted by atomic mass is 10.2. The van der Waals surface area contributed by atoms with Gasteiger partial charge in [0.2, 0.25) is 5.91 Å². The molecular weight excluding hydrogens is 130 g/mol. The van der Waals surface area contributed by atoms with E-state index < -0.39 is 0 Å². The van der Waals surface area contributed by atoms with Crippen LogP contribution in [0.1, 0.15) is 19.8 Å². The highest BCUT2D eigenvalue weighted by molar-refractivity contribution is 5.78. The highest BCUT2D eigenvalue weighted by Crippen LogP contribution is 2.14. The van der Waals surface area contributed by atoms with E-state index in [0.29, 0.717) is 0 Å². The van der Waals surface area contributed by atoms with Crippen molar-refractivity contribution < 1.29 is 9.59 Å². The molecule has 10 heavy (non-hydrogen) atoms. The van der Waals surface area contributed by atoms with Crippen molar-refractivity contribution in [2.45, 2.75) is 25.8 Å². The zero-order chi connectivity index (χ0) is 7.56. The van der Waals surface area contributed by atoms with Crippen molar-refractivity contribution in [2.24, 2.45) is 0 Å². The average Bonchev–Trinajstić information content (AvgIpc) is 2.33. The maximum Gasteiger partial charge on any atom is 0.220 e. The van der Waals surface area contributed by atoms with Crippen LogP contribution in [0.5, 0.6) is 0 Å². The highest BCUT2D eigenvalue weighted by Gasteiger charge is 2.25. The standard InChI is InChI=1S/C7H11NO2/c1-6(10)8-4-2-3-7(8)5-9/h5,7H,2-4H2,1H3/t7-/m0/s1. The van der Waals surface area contributed by atoms with Crippen LogP contribution >= 0.6 is 0 Å². The van der Waals surface area contributed by atoms with Gasteiger partial charge in [0.25, 0.3) is 0 Å². The van der Waals surface area contributed by atoms with Gasteiger partial charge < -0.3 is 9.69 Å². The molecule has 1 amide bonds. The fourth-order valence-corrected chi connectivity index (χ4v) is 1.32. The third kappa shape index (κ3) is 1.17. The summed E-state index contributed by atoms with van der Waals surface area (Å²) in [4.78, 5) is 22.7. The van der Waals surface area contributed by atoms with E-state index >= 15 is 0 Å². The Morgan fingerprint density at radius 2 is 2.40 bits per heavy atom. The average molecular weight is 141 g/mol. The van der Waals surface area contributed by atoms with Gasteiger partial charge in [-0.2, -0.15) is 0 Å². The lowest BCUT2D eigenvalue weighted by Gasteiger charge is -2.17. The summed E-state index contributed by atoms with van der Waals surface area (Å²) < 4.78 is 0. The summed E-state index contributed by atoms with van der Waals surface area (Å²) in [7, 11) is 0. The second-order valence-corrected chi connectivity index (χ2v) is 2.56. The Balaban J connectivity index is 2.58. The van der Waals surface area contributed by atoms with Gasteiger partial charge in [-0.1, -0.05) is 0 Å². The van der Waals surface area contributed by atoms with Gasteiger partial charge in [0.05, 0.1) is 6.04 Å². The molecule has 1 fully saturated rings. The predicted octanol–water partition coefficient (Wildman–Crippen LogP) is 0.196. The first-order valence-electron chi connectivity index (χ1n) is 3.48. The molecule has 1 atom stereocenters. The minimum absolute atomic E-state index is 0.00889. The molecule has 0 spiro atoms. The largest absolute Gasteiger partial charge is 0.333 e. The number of nitrogens with zero attached hydrogens (tertiary/aromatic N) is 1. The quantitative estimate of drug-likeness (QED) is 0.489. The Morgan fingerprint density at radius 3 is 2.80 bits per heavy atom. The summed E-state index contributed by atoms with van der Waals surface area (Å²) >= 11 is 0. The second kappa shape index (κ2) is 2.82. The van der Waals surface area contributed by atoms with Crippen LogP contribution in [0.15, 0.2) is 0 Å². The molecule has 0 aliphatic carbocycles. The van der Waals surface area contributed by atoms with Crippen molar-refractivity contribution in [1.82, 2.24) is 4.90 Å². The molecule has 0 radical (unpaired) electrons. The van der Waals surface area contributed by atoms with Gasteiger partial charge in [-0.05, 0) is 12.8 Å². The van der Waals surface area contributed by atoms with E-state index in [-0.39, 0.29) is 11.9 Å². The van der Waals surface area contributed by atoms with Crippen molar-refractivity contribution in [2.75, 3.05) is 6.54 Å². The second-order valence-electron chi connectivity index (χ2n) is 2.56. The van der Waals surface area contributed by atoms with Crippen molar-refractivity contribution in [1.29, 1.82) is 0 Å². The summed E-state index contributed by atoms with van der Waals surface area (Å²) in [6.07, 6.45) is 2.65. The first-order chi connectivity index (χ1) is 4.75. The van der Waals surface area contributed by atoms with Gasteiger partial charge >= 0.3 is 0 Å². The van der Waals surface area contributed by atoms with E-state index in [1.54, 1.807) is 4.90 Å². The van der Waals surface area contributed by atoms with E-state index in [9.17, 15) is 9.59 Å². The number of aldehydes is 1. The SMILES string of the molecule is CC(=O)N1CCC[C@H]1C=O. The lowest BCUT2D eigenvalue weighted by molar-refractivity contribution is -0.132. The lowest BCUT2D eigenvalue weighted by Crippen LogP contribution is -2.34. The molecule has 0 aromatic heterocycles. The van der Waals surface area contributed by atoms with Crippen LogP contribution in [0.25, 0.3) is 0 Å². The predicted molar refractivity (Wildman–Crippen MR) is 36.5 cm³/mol. The smallest absolute Gasteiger partial charge is 0.220 e. The molecule has 0 aromatic rings. The molecule has 1 saturated heterocycles. The number of likely N-dealkylation sites (tertiary alicyclic amines) is 1. The molecule has 1 heterocycles. The van der Waals surface area contributed by atoms with Crippen LogP contribution in [0, 0.1) is 0 Å². The zero-order valence-electron chi connectivity index (χ0n) is 6.04. The summed E-state index contributed by atoms with van der Waals surface area (Å²) in [5, 5.41) is 0. The van der Waals surface area contributed by atoms with Gasteiger partial charge in [-0.3, -0.25) is 4.79 Å². The minimum atomic E-state index is -0.141. The number of hydrogen-bond donors (Lipinski definition) is 0. The van der Waals surface area contributed by atoms with Gasteiger partial charge in [-0.25, -0.2) is 0 Å². The Kier molecular flexibility index (Phi) is 2.04. The third-order valence-electron chi connectivity index (χ3n) is 1.86. The first-order valence-corrected chi connectivity index (χ1v) is 3.48. The summed E-state index contributed by atoms with van der Waals surface area (Å²) in [6, 6.07) is -0.141. The van der Waals surface area contributed by atoms with Gasteiger partial charge in [0.15, 0.2) is 0 Å². The van der Waals surface area contributed by atoms with E-state index in [1.165, 1.54) is 6.92 Å². The molecule has 0 unspecified atom stereocenters. The molecule has 0 N–H and O–H groups in total. The molecule has 3 nitrogen and oxygen atoms in total. The fourth-order valence-electron chi connectivity index (χ4n) is 1.32. The molecule has 0 bridgehead atoms. The maximum atomic E-state index is 10.8. The molecule has 0 saturated carbocycles. The summed E-state index contributed by atoms with van der Waals surface area (Å²) in [5.41, 5.74) is 0. The fraction of sp³-hybridized carbons (Fsp3) is 0.714. The Hall–Kier alpha value is -0.860. The van der Waals surface area contributed by atoms with Gasteiger partial charge in [0, 0.05) is 13.5 Å². The number of carbonyl (C=O) groups is 2. The van der Waals surface area contributed by atoms with Crippen LogP contribution < -0.4 is 0 Å². The number of carbonyl (C=O) groups excluding carboxylic acids is 2. The number of amides is 1. The molecule has 56 valence electrons. The van der Waals surface area contributed by atoms with Crippen LogP contribution in [0.3, 0.4) is 0 Å². The van der Waals surface area contributed by atoms with E-state index in [4.69, 9.17) is 0 Å². The zero-order valence-corrected chi connectivity index (χ0v) is 6.04. The van der Waals surface area contributed by atoms with Gasteiger partial charge in [0.1, 0.15) is 6.29 Å². The monoisotopic (exact) mass is 141 g/mol. The normalized spacial score (nSPS) is 24.9. The summed E-state index contributed by atoms with van der Waals surface area (Å²) in [5.74, 6) is 0.00889. The van der Waals surface area contributed by atoms with Crippen molar-refractivity contribution >= 4 is 12.2 Å². The topological polar surface area (TPSA) is 37.4 Å². The molecule has 1 rings (SSSR count). The molecule has 1 aliphatic rings. The molecule has 1 aliphatic heterocycles. The number of hydrogen-bond acceptors (Lipinski definition) is 2. The number of rotatable bonds is 1. The Morgan fingerprint density at radius 1 is 1.70 bits per heavy atom. The Bertz CT molecular complexity index is 156.